The van der Waals surface area contributed by atoms with E-state index in [0.29, 0.717) is 6.42 Å². The second-order valence-electron chi connectivity index (χ2n) is 8.65. The number of benzene rings is 3. The Labute approximate surface area is 222 Å². The van der Waals surface area contributed by atoms with Crippen molar-refractivity contribution < 1.29 is 22.9 Å². The van der Waals surface area contributed by atoms with Gasteiger partial charge in [0.15, 0.2) is 0 Å². The van der Waals surface area contributed by atoms with Crippen LogP contribution in [-0.2, 0) is 26.2 Å². The molecule has 0 unspecified atom stereocenters. The molecule has 0 fully saturated rings. The molecule has 1 atom stereocenters. The predicted molar refractivity (Wildman–Crippen MR) is 144 cm³/mol. The number of anilines is 1. The number of rotatable bonds is 11. The van der Waals surface area contributed by atoms with E-state index in [1.807, 2.05) is 31.2 Å². The number of hydrogen-bond donors (Lipinski definition) is 1. The molecule has 1 N–H and O–H groups in total. The maximum atomic E-state index is 13.8. The zero-order valence-corrected chi connectivity index (χ0v) is 22.2. The Bertz CT molecular complexity index is 1390. The topological polar surface area (TPSA) is 130 Å². The lowest BCUT2D eigenvalue weighted by atomic mass is 10.1. The highest BCUT2D eigenvalue weighted by molar-refractivity contribution is 7.92. The summed E-state index contributed by atoms with van der Waals surface area (Å²) in [4.78, 5) is 38.6. The average molecular weight is 539 g/mol. The molecule has 3 aromatic rings. The fraction of sp³-hybridized carbons (Fsp3) is 0.259. The van der Waals surface area contributed by atoms with Crippen LogP contribution in [0.1, 0.15) is 24.5 Å². The van der Waals surface area contributed by atoms with Crippen molar-refractivity contribution in [2.24, 2.45) is 0 Å². The Morgan fingerprint density at radius 3 is 2.24 bits per heavy atom. The fourth-order valence-corrected chi connectivity index (χ4v) is 5.41. The van der Waals surface area contributed by atoms with E-state index in [1.165, 1.54) is 42.3 Å². The number of aryl methyl sites for hydroxylation is 1. The van der Waals surface area contributed by atoms with Gasteiger partial charge in [-0.2, -0.15) is 0 Å². The molecule has 0 aliphatic rings. The number of amides is 2. The molecule has 3 rings (SSSR count). The Balaban J connectivity index is 2.08. The van der Waals surface area contributed by atoms with E-state index >= 15 is 0 Å². The van der Waals surface area contributed by atoms with Crippen LogP contribution >= 0.6 is 0 Å². The van der Waals surface area contributed by atoms with Gasteiger partial charge in [0.25, 0.3) is 15.7 Å². The third kappa shape index (κ3) is 6.54. The molecule has 11 heteroatoms. The minimum absolute atomic E-state index is 0.0420. The molecule has 38 heavy (non-hydrogen) atoms. The van der Waals surface area contributed by atoms with Crippen molar-refractivity contribution in [1.82, 2.24) is 10.2 Å². The van der Waals surface area contributed by atoms with Gasteiger partial charge in [0.05, 0.1) is 15.5 Å². The van der Waals surface area contributed by atoms with Gasteiger partial charge >= 0.3 is 0 Å². The van der Waals surface area contributed by atoms with E-state index in [0.717, 1.165) is 21.5 Å². The third-order valence-corrected chi connectivity index (χ3v) is 7.83. The summed E-state index contributed by atoms with van der Waals surface area (Å²) in [5, 5.41) is 14.0. The van der Waals surface area contributed by atoms with Crippen molar-refractivity contribution in [2.75, 3.05) is 17.9 Å². The summed E-state index contributed by atoms with van der Waals surface area (Å²) in [6, 6.07) is 19.2. The number of sulfonamides is 1. The van der Waals surface area contributed by atoms with Crippen molar-refractivity contribution >= 4 is 33.2 Å². The first-order chi connectivity index (χ1) is 18.1. The van der Waals surface area contributed by atoms with Gasteiger partial charge in [-0.25, -0.2) is 8.42 Å². The molecule has 0 saturated heterocycles. The number of likely N-dealkylation sites (N-methyl/N-ethyl adjacent to an activating group) is 1. The lowest BCUT2D eigenvalue weighted by Gasteiger charge is -2.33. The van der Waals surface area contributed by atoms with Crippen molar-refractivity contribution in [2.45, 2.75) is 37.8 Å². The maximum absolute atomic E-state index is 13.8. The number of hydrogen-bond acceptors (Lipinski definition) is 6. The van der Waals surface area contributed by atoms with Gasteiger partial charge < -0.3 is 10.2 Å². The number of carbonyl (C=O) groups excluding carboxylic acids is 2. The van der Waals surface area contributed by atoms with E-state index in [1.54, 1.807) is 25.1 Å². The highest BCUT2D eigenvalue weighted by Crippen LogP contribution is 2.27. The lowest BCUT2D eigenvalue weighted by molar-refractivity contribution is -0.384. The Kier molecular flexibility index (Phi) is 9.19. The first kappa shape index (κ1) is 28.3. The fourth-order valence-electron chi connectivity index (χ4n) is 3.99. The number of nitro groups is 1. The molecule has 3 aromatic carbocycles. The minimum atomic E-state index is -4.30. The zero-order valence-electron chi connectivity index (χ0n) is 21.4. The van der Waals surface area contributed by atoms with Gasteiger partial charge in [0.1, 0.15) is 12.6 Å². The molecular weight excluding hydrogens is 508 g/mol. The van der Waals surface area contributed by atoms with E-state index in [9.17, 15) is 28.1 Å². The summed E-state index contributed by atoms with van der Waals surface area (Å²) >= 11 is 0. The van der Waals surface area contributed by atoms with Crippen LogP contribution < -0.4 is 9.62 Å². The third-order valence-electron chi connectivity index (χ3n) is 6.04. The van der Waals surface area contributed by atoms with Gasteiger partial charge in [0, 0.05) is 25.7 Å². The highest BCUT2D eigenvalue weighted by atomic mass is 32.2. The summed E-state index contributed by atoms with van der Waals surface area (Å²) in [5.41, 5.74) is 1.42. The van der Waals surface area contributed by atoms with Crippen LogP contribution in [0.2, 0.25) is 0 Å². The zero-order chi connectivity index (χ0) is 27.9. The largest absolute Gasteiger partial charge is 0.357 e. The van der Waals surface area contributed by atoms with Crippen LogP contribution in [-0.4, -0.2) is 49.7 Å². The van der Waals surface area contributed by atoms with Crippen LogP contribution in [0.15, 0.2) is 83.8 Å². The molecule has 200 valence electrons. The molecule has 0 aliphatic heterocycles. The minimum Gasteiger partial charge on any atom is -0.357 e. The van der Waals surface area contributed by atoms with Gasteiger partial charge in [-0.3, -0.25) is 24.0 Å². The SMILES string of the molecule is CC[C@H](C(=O)NC)N(Cc1ccc(C)cc1)C(=O)CN(c1cccc([N+](=O)[O-])c1)S(=O)(=O)c1ccccc1. The van der Waals surface area contributed by atoms with Crippen molar-refractivity contribution in [3.05, 3.63) is 100 Å². The standard InChI is InChI=1S/C27H30N4O6S/c1-4-25(27(33)28-3)29(18-21-15-13-20(2)14-16-21)26(32)19-30(22-9-8-10-23(17-22)31(34)35)38(36,37)24-11-6-5-7-12-24/h5-17,25H,4,18-19H2,1-3H3,(H,28,33)/t25-/m1/s1. The van der Waals surface area contributed by atoms with Crippen LogP contribution in [0.5, 0.6) is 0 Å². The van der Waals surface area contributed by atoms with E-state index in [-0.39, 0.29) is 28.7 Å². The van der Waals surface area contributed by atoms with Gasteiger partial charge in [-0.1, -0.05) is 61.0 Å². The highest BCUT2D eigenvalue weighted by Gasteiger charge is 2.33. The van der Waals surface area contributed by atoms with Crippen LogP contribution in [0.3, 0.4) is 0 Å². The Morgan fingerprint density at radius 2 is 1.66 bits per heavy atom. The molecular formula is C27H30N4O6S. The van der Waals surface area contributed by atoms with Crippen LogP contribution in [0, 0.1) is 17.0 Å². The second-order valence-corrected chi connectivity index (χ2v) is 10.5. The summed E-state index contributed by atoms with van der Waals surface area (Å²) in [5.74, 6) is -1.02. The van der Waals surface area contributed by atoms with Gasteiger partial charge in [0.2, 0.25) is 11.8 Å². The number of nitrogens with one attached hydrogen (secondary N) is 1. The van der Waals surface area contributed by atoms with Crippen molar-refractivity contribution in [3.8, 4) is 0 Å². The molecule has 10 nitrogen and oxygen atoms in total. The monoisotopic (exact) mass is 538 g/mol. The molecule has 0 aromatic heterocycles. The van der Waals surface area contributed by atoms with E-state index in [4.69, 9.17) is 0 Å². The summed E-state index contributed by atoms with van der Waals surface area (Å²) in [6.07, 6.45) is 0.291. The number of carbonyl (C=O) groups is 2. The molecule has 0 heterocycles. The van der Waals surface area contributed by atoms with Gasteiger partial charge in [-0.15, -0.1) is 0 Å². The molecule has 0 spiro atoms. The van der Waals surface area contributed by atoms with E-state index < -0.39 is 33.4 Å². The van der Waals surface area contributed by atoms with Crippen LogP contribution in [0.25, 0.3) is 0 Å². The second kappa shape index (κ2) is 12.3. The molecule has 2 amide bonds. The smallest absolute Gasteiger partial charge is 0.271 e. The van der Waals surface area contributed by atoms with Crippen LogP contribution in [0.4, 0.5) is 11.4 Å². The predicted octanol–water partition coefficient (Wildman–Crippen LogP) is 3.65. The summed E-state index contributed by atoms with van der Waals surface area (Å²) in [7, 11) is -2.83. The van der Waals surface area contributed by atoms with Gasteiger partial charge in [-0.05, 0) is 37.1 Å². The molecule has 0 saturated carbocycles. The molecule has 0 bridgehead atoms. The number of nitro benzene ring substituents is 1. The Morgan fingerprint density at radius 1 is 1.00 bits per heavy atom. The van der Waals surface area contributed by atoms with Crippen molar-refractivity contribution in [3.63, 3.8) is 0 Å². The quantitative estimate of drug-likeness (QED) is 0.293. The Hall–Kier alpha value is -4.25. The van der Waals surface area contributed by atoms with E-state index in [2.05, 4.69) is 5.32 Å². The number of non-ortho nitro benzene ring substituents is 1. The first-order valence-electron chi connectivity index (χ1n) is 12.0. The lowest BCUT2D eigenvalue weighted by Crippen LogP contribution is -2.51. The molecule has 0 aliphatic carbocycles. The average Bonchev–Trinajstić information content (AvgIpc) is 2.92. The summed E-state index contributed by atoms with van der Waals surface area (Å²) < 4.78 is 28.3. The number of nitrogens with zero attached hydrogens (tertiary/aromatic N) is 3. The maximum Gasteiger partial charge on any atom is 0.271 e. The first-order valence-corrected chi connectivity index (χ1v) is 13.4. The molecule has 0 radical (unpaired) electrons. The summed E-state index contributed by atoms with van der Waals surface area (Å²) in [6.45, 7) is 3.09. The van der Waals surface area contributed by atoms with Crippen molar-refractivity contribution in [1.29, 1.82) is 0 Å². The normalized spacial score (nSPS) is 11.9.